The third kappa shape index (κ3) is 2.89. The summed E-state index contributed by atoms with van der Waals surface area (Å²) in [4.78, 5) is 25.1. The Morgan fingerprint density at radius 1 is 1.03 bits per heavy atom. The van der Waals surface area contributed by atoms with Crippen LogP contribution in [0.5, 0.6) is 0 Å². The van der Waals surface area contributed by atoms with Crippen molar-refractivity contribution in [2.24, 2.45) is 40.4 Å². The lowest BCUT2D eigenvalue weighted by molar-refractivity contribution is -0.130. The molecule has 4 aliphatic rings. The van der Waals surface area contributed by atoms with E-state index in [2.05, 4.69) is 44.2 Å². The minimum atomic E-state index is 0.127. The van der Waals surface area contributed by atoms with Crippen LogP contribution in [0.1, 0.15) is 71.3 Å². The first-order valence-corrected chi connectivity index (χ1v) is 12.1. The van der Waals surface area contributed by atoms with Crippen molar-refractivity contribution < 1.29 is 9.59 Å². The topological polar surface area (TPSA) is 34.1 Å². The summed E-state index contributed by atoms with van der Waals surface area (Å²) >= 11 is 0. The average Bonchev–Trinajstić information content (AvgIpc) is 3.07. The molecular weight excluding hydrogens is 368 g/mol. The normalized spacial score (nSPS) is 42.7. The van der Waals surface area contributed by atoms with Gasteiger partial charge in [0.15, 0.2) is 5.78 Å². The third-order valence-electron chi connectivity index (χ3n) is 10.1. The van der Waals surface area contributed by atoms with Crippen LogP contribution >= 0.6 is 0 Å². The van der Waals surface area contributed by atoms with Crippen molar-refractivity contribution in [1.82, 2.24) is 0 Å². The maximum Gasteiger partial charge on any atom is 0.155 e. The van der Waals surface area contributed by atoms with Gasteiger partial charge in [-0.3, -0.25) is 9.59 Å². The molecular formula is C28H36O2. The number of carbonyl (C=O) groups excluding carboxylic acids is 2. The maximum absolute atomic E-state index is 12.7. The molecule has 0 N–H and O–H groups in total. The lowest BCUT2D eigenvalue weighted by Crippen LogP contribution is -2.54. The molecule has 7 atom stereocenters. The van der Waals surface area contributed by atoms with E-state index in [4.69, 9.17) is 0 Å². The van der Waals surface area contributed by atoms with Crippen LogP contribution in [0.4, 0.5) is 0 Å². The number of ketones is 2. The second-order valence-corrected chi connectivity index (χ2v) is 11.2. The van der Waals surface area contributed by atoms with E-state index in [1.807, 2.05) is 13.0 Å². The zero-order valence-electron chi connectivity index (χ0n) is 18.8. The quantitative estimate of drug-likeness (QED) is 0.602. The average molecular weight is 405 g/mol. The Morgan fingerprint density at radius 3 is 2.53 bits per heavy atom. The lowest BCUT2D eigenvalue weighted by Gasteiger charge is -2.60. The van der Waals surface area contributed by atoms with Crippen LogP contribution in [-0.2, 0) is 16.0 Å². The van der Waals surface area contributed by atoms with Gasteiger partial charge in [-0.15, -0.1) is 0 Å². The number of allylic oxidation sites excluding steroid dienone is 1. The second-order valence-electron chi connectivity index (χ2n) is 11.2. The number of fused-ring (bicyclic) bond motifs is 5. The van der Waals surface area contributed by atoms with Crippen LogP contribution in [0.2, 0.25) is 0 Å². The number of benzene rings is 1. The van der Waals surface area contributed by atoms with E-state index < -0.39 is 0 Å². The molecule has 160 valence electrons. The van der Waals surface area contributed by atoms with Gasteiger partial charge >= 0.3 is 0 Å². The highest BCUT2D eigenvalue weighted by Gasteiger charge is 2.61. The molecule has 0 aliphatic heterocycles. The molecule has 1 unspecified atom stereocenters. The van der Waals surface area contributed by atoms with Gasteiger partial charge in [-0.1, -0.05) is 49.8 Å². The molecule has 0 bridgehead atoms. The van der Waals surface area contributed by atoms with Gasteiger partial charge in [0, 0.05) is 12.3 Å². The number of rotatable bonds is 3. The standard InChI is InChI=1S/C28H36O2/c1-18(29)24-11-12-25-23-10-9-20-16-22(30)17-21(15-19-7-5-4-6-8-19)28(20,3)26(23)13-14-27(24,25)2/h4-8,16,21,23-26H,9-15,17H2,1-3H3/t21?,23-,24+,25-,26-,27+,28+/m0/s1. The molecule has 3 fully saturated rings. The zero-order chi connectivity index (χ0) is 21.1. The second kappa shape index (κ2) is 7.18. The minimum Gasteiger partial charge on any atom is -0.300 e. The number of Topliss-reactive ketones (excluding diaryl/α,β-unsaturated/α-hetero) is 1. The molecule has 2 nitrogen and oxygen atoms in total. The van der Waals surface area contributed by atoms with Crippen molar-refractivity contribution in [1.29, 1.82) is 0 Å². The summed E-state index contributed by atoms with van der Waals surface area (Å²) in [5.74, 6) is 3.45. The highest BCUT2D eigenvalue weighted by molar-refractivity contribution is 5.92. The first-order chi connectivity index (χ1) is 14.3. The Bertz CT molecular complexity index is 883. The Morgan fingerprint density at radius 2 is 1.80 bits per heavy atom. The van der Waals surface area contributed by atoms with E-state index in [1.54, 1.807) is 0 Å². The molecule has 0 radical (unpaired) electrons. The first kappa shape index (κ1) is 20.2. The Kier molecular flexibility index (Phi) is 4.84. The molecule has 3 saturated carbocycles. The molecule has 4 aliphatic carbocycles. The molecule has 0 amide bonds. The van der Waals surface area contributed by atoms with Crippen molar-refractivity contribution in [3.63, 3.8) is 0 Å². The minimum absolute atomic E-state index is 0.127. The van der Waals surface area contributed by atoms with Gasteiger partial charge < -0.3 is 0 Å². The van der Waals surface area contributed by atoms with Crippen LogP contribution in [0.15, 0.2) is 42.0 Å². The van der Waals surface area contributed by atoms with Gasteiger partial charge in [0.25, 0.3) is 0 Å². The van der Waals surface area contributed by atoms with Crippen molar-refractivity contribution in [2.75, 3.05) is 0 Å². The van der Waals surface area contributed by atoms with E-state index in [9.17, 15) is 9.59 Å². The van der Waals surface area contributed by atoms with Crippen molar-refractivity contribution in [3.8, 4) is 0 Å². The molecule has 30 heavy (non-hydrogen) atoms. The maximum atomic E-state index is 12.7. The summed E-state index contributed by atoms with van der Waals surface area (Å²) in [7, 11) is 0. The van der Waals surface area contributed by atoms with E-state index in [0.29, 0.717) is 41.7 Å². The third-order valence-corrected chi connectivity index (χ3v) is 10.1. The molecule has 2 heteroatoms. The van der Waals surface area contributed by atoms with Crippen molar-refractivity contribution >= 4 is 11.6 Å². The Hall–Kier alpha value is -1.70. The summed E-state index contributed by atoms with van der Waals surface area (Å²) in [6.45, 7) is 6.73. The van der Waals surface area contributed by atoms with E-state index >= 15 is 0 Å². The SMILES string of the molecule is CC(=O)[C@H]1CC[C@H]2[C@@H]3CCC4=CC(=O)CC(Cc5ccccc5)[C@]4(C)[C@H]3CC[C@]12C. The van der Waals surface area contributed by atoms with E-state index in [0.717, 1.165) is 19.3 Å². The van der Waals surface area contributed by atoms with E-state index in [-0.39, 0.29) is 16.7 Å². The fraction of sp³-hybridized carbons (Fsp3) is 0.643. The van der Waals surface area contributed by atoms with Gasteiger partial charge in [-0.2, -0.15) is 0 Å². The van der Waals surface area contributed by atoms with Gasteiger partial charge in [0.05, 0.1) is 0 Å². The smallest absolute Gasteiger partial charge is 0.155 e. The van der Waals surface area contributed by atoms with Crippen LogP contribution in [0, 0.1) is 40.4 Å². The molecule has 0 saturated heterocycles. The number of carbonyl (C=O) groups is 2. The Labute approximate surface area is 181 Å². The fourth-order valence-corrected chi connectivity index (χ4v) is 8.62. The summed E-state index contributed by atoms with van der Waals surface area (Å²) < 4.78 is 0. The van der Waals surface area contributed by atoms with Crippen molar-refractivity contribution in [3.05, 3.63) is 47.5 Å². The molecule has 5 rings (SSSR count). The van der Waals surface area contributed by atoms with Crippen molar-refractivity contribution in [2.45, 2.75) is 72.1 Å². The summed E-state index contributed by atoms with van der Waals surface area (Å²) in [6, 6.07) is 10.8. The van der Waals surface area contributed by atoms with Gasteiger partial charge in [0.1, 0.15) is 5.78 Å². The van der Waals surface area contributed by atoms with Crippen LogP contribution in [0.25, 0.3) is 0 Å². The van der Waals surface area contributed by atoms with E-state index in [1.165, 1.54) is 36.8 Å². The molecule has 0 spiro atoms. The highest BCUT2D eigenvalue weighted by atomic mass is 16.1. The zero-order valence-corrected chi connectivity index (χ0v) is 18.8. The lowest BCUT2D eigenvalue weighted by atomic mass is 9.44. The van der Waals surface area contributed by atoms with Crippen LogP contribution in [-0.4, -0.2) is 11.6 Å². The summed E-state index contributed by atoms with van der Waals surface area (Å²) in [6.07, 6.45) is 10.7. The molecule has 1 aromatic rings. The van der Waals surface area contributed by atoms with Gasteiger partial charge in [-0.25, -0.2) is 0 Å². The number of hydrogen-bond acceptors (Lipinski definition) is 2. The largest absolute Gasteiger partial charge is 0.300 e. The summed E-state index contributed by atoms with van der Waals surface area (Å²) in [5, 5.41) is 0. The van der Waals surface area contributed by atoms with Crippen LogP contribution < -0.4 is 0 Å². The van der Waals surface area contributed by atoms with Crippen LogP contribution in [0.3, 0.4) is 0 Å². The predicted octanol–water partition coefficient (Wildman–Crippen LogP) is 6.19. The Balaban J connectivity index is 1.50. The highest BCUT2D eigenvalue weighted by Crippen LogP contribution is 2.67. The van der Waals surface area contributed by atoms with Gasteiger partial charge in [-0.05, 0) is 98.0 Å². The predicted molar refractivity (Wildman–Crippen MR) is 120 cm³/mol. The fourth-order valence-electron chi connectivity index (χ4n) is 8.62. The van der Waals surface area contributed by atoms with Gasteiger partial charge in [0.2, 0.25) is 0 Å². The molecule has 1 aromatic carbocycles. The molecule has 0 heterocycles. The monoisotopic (exact) mass is 404 g/mol. The summed E-state index contributed by atoms with van der Waals surface area (Å²) in [5.41, 5.74) is 3.12. The first-order valence-electron chi connectivity index (χ1n) is 12.1. The molecule has 0 aromatic heterocycles. The number of hydrogen-bond donors (Lipinski definition) is 0.